The minimum absolute atomic E-state index is 0.0105. The number of hydrogen-bond donors (Lipinski definition) is 3. The number of rotatable bonds is 5. The van der Waals surface area contributed by atoms with Crippen LogP contribution in [0, 0.1) is 0 Å². The maximum atomic E-state index is 11.0. The normalized spacial score (nSPS) is 10.1. The molecule has 20 heavy (non-hydrogen) atoms. The summed E-state index contributed by atoms with van der Waals surface area (Å²) in [5.74, 6) is -0.0275. The van der Waals surface area contributed by atoms with Gasteiger partial charge in [0.05, 0.1) is 29.7 Å². The summed E-state index contributed by atoms with van der Waals surface area (Å²) < 4.78 is 5.48. The number of ether oxygens (including phenoxy) is 1. The first-order valence-electron chi connectivity index (χ1n) is 6.09. The van der Waals surface area contributed by atoms with Crippen LogP contribution in [0.15, 0.2) is 36.5 Å². The molecule has 0 aliphatic heterocycles. The van der Waals surface area contributed by atoms with Crippen molar-refractivity contribution in [2.75, 3.05) is 17.7 Å². The molecule has 1 heterocycles. The predicted octanol–water partition coefficient (Wildman–Crippen LogP) is 2.50. The van der Waals surface area contributed by atoms with E-state index in [9.17, 15) is 4.79 Å². The van der Waals surface area contributed by atoms with Crippen molar-refractivity contribution >= 4 is 23.2 Å². The second-order valence-electron chi connectivity index (χ2n) is 4.02. The van der Waals surface area contributed by atoms with Gasteiger partial charge in [-0.05, 0) is 25.1 Å². The second-order valence-corrected chi connectivity index (χ2v) is 4.02. The monoisotopic (exact) mass is 273 g/mol. The molecule has 0 fully saturated rings. The molecule has 104 valence electrons. The number of carboxylic acid groups (broad SMARTS) is 1. The molecule has 0 atom stereocenters. The van der Waals surface area contributed by atoms with Crippen LogP contribution in [0.3, 0.4) is 0 Å². The standard InChI is InChI=1S/C14H15N3O3/c1-2-20-12-6-4-3-5-11(12)17-13-7-9(14(18)19)10(15)8-16-13/h3-8H,2,15H2,1H3,(H,16,17)(H,18,19). The van der Waals surface area contributed by atoms with Gasteiger partial charge in [-0.1, -0.05) is 12.1 Å². The van der Waals surface area contributed by atoms with Gasteiger partial charge in [0.15, 0.2) is 0 Å². The zero-order valence-corrected chi connectivity index (χ0v) is 11.0. The Morgan fingerprint density at radius 3 is 2.90 bits per heavy atom. The fourth-order valence-electron chi connectivity index (χ4n) is 1.71. The third-order valence-electron chi connectivity index (χ3n) is 2.61. The summed E-state index contributed by atoms with van der Waals surface area (Å²) in [5, 5.41) is 12.1. The number of carbonyl (C=O) groups is 1. The Kier molecular flexibility index (Phi) is 4.05. The fourth-order valence-corrected chi connectivity index (χ4v) is 1.71. The first kappa shape index (κ1) is 13.7. The molecule has 4 N–H and O–H groups in total. The molecule has 2 aromatic rings. The van der Waals surface area contributed by atoms with Gasteiger partial charge in [-0.3, -0.25) is 0 Å². The largest absolute Gasteiger partial charge is 0.492 e. The van der Waals surface area contributed by atoms with Gasteiger partial charge >= 0.3 is 5.97 Å². The van der Waals surface area contributed by atoms with Gasteiger partial charge in [0.2, 0.25) is 0 Å². The Labute approximate surface area is 116 Å². The van der Waals surface area contributed by atoms with Crippen molar-refractivity contribution in [1.29, 1.82) is 0 Å². The Balaban J connectivity index is 2.31. The van der Waals surface area contributed by atoms with E-state index in [0.29, 0.717) is 23.9 Å². The van der Waals surface area contributed by atoms with Crippen LogP contribution in [-0.2, 0) is 0 Å². The summed E-state index contributed by atoms with van der Waals surface area (Å²) in [6.07, 6.45) is 1.31. The quantitative estimate of drug-likeness (QED) is 0.774. The number of carboxylic acids is 1. The number of nitrogens with one attached hydrogen (secondary N) is 1. The minimum Gasteiger partial charge on any atom is -0.492 e. The molecule has 0 bridgehead atoms. The van der Waals surface area contributed by atoms with Crippen LogP contribution >= 0.6 is 0 Å². The summed E-state index contributed by atoms with van der Waals surface area (Å²) in [6.45, 7) is 2.43. The van der Waals surface area contributed by atoms with Crippen LogP contribution in [0.25, 0.3) is 0 Å². The number of nitrogen functional groups attached to an aromatic ring is 1. The van der Waals surface area contributed by atoms with Gasteiger partial charge in [-0.2, -0.15) is 0 Å². The number of aromatic nitrogens is 1. The molecule has 1 aromatic carbocycles. The number of pyridine rings is 1. The van der Waals surface area contributed by atoms with Crippen molar-refractivity contribution in [3.63, 3.8) is 0 Å². The summed E-state index contributed by atoms with van der Waals surface area (Å²) in [4.78, 5) is 15.1. The number of anilines is 3. The molecule has 6 nitrogen and oxygen atoms in total. The fraction of sp³-hybridized carbons (Fsp3) is 0.143. The molecule has 6 heteroatoms. The summed E-state index contributed by atoms with van der Waals surface area (Å²) in [5.41, 5.74) is 6.41. The number of nitrogens with two attached hydrogens (primary N) is 1. The lowest BCUT2D eigenvalue weighted by Gasteiger charge is -2.12. The average molecular weight is 273 g/mol. The highest BCUT2D eigenvalue weighted by atomic mass is 16.5. The lowest BCUT2D eigenvalue weighted by molar-refractivity contribution is 0.0698. The van der Waals surface area contributed by atoms with E-state index >= 15 is 0 Å². The molecule has 0 saturated heterocycles. The van der Waals surface area contributed by atoms with Crippen molar-refractivity contribution < 1.29 is 14.6 Å². The van der Waals surface area contributed by atoms with Crippen molar-refractivity contribution in [2.45, 2.75) is 6.92 Å². The van der Waals surface area contributed by atoms with E-state index in [1.54, 1.807) is 0 Å². The topological polar surface area (TPSA) is 97.5 Å². The zero-order valence-electron chi connectivity index (χ0n) is 11.0. The van der Waals surface area contributed by atoms with Crippen LogP contribution in [0.5, 0.6) is 5.75 Å². The van der Waals surface area contributed by atoms with Crippen molar-refractivity contribution in [3.8, 4) is 5.75 Å². The van der Waals surface area contributed by atoms with Crippen LogP contribution < -0.4 is 15.8 Å². The molecule has 0 aliphatic carbocycles. The summed E-state index contributed by atoms with van der Waals surface area (Å²) in [6, 6.07) is 8.74. The van der Waals surface area contributed by atoms with Crippen LogP contribution in [0.2, 0.25) is 0 Å². The Bertz CT molecular complexity index is 629. The number of aromatic carboxylic acids is 1. The third kappa shape index (κ3) is 2.97. The van der Waals surface area contributed by atoms with Gasteiger partial charge in [0.1, 0.15) is 11.6 Å². The van der Waals surface area contributed by atoms with E-state index in [-0.39, 0.29) is 11.3 Å². The Hall–Kier alpha value is -2.76. The molecule has 0 radical (unpaired) electrons. The van der Waals surface area contributed by atoms with Gasteiger partial charge in [0, 0.05) is 0 Å². The summed E-state index contributed by atoms with van der Waals surface area (Å²) in [7, 11) is 0. The number of hydrogen-bond acceptors (Lipinski definition) is 5. The van der Waals surface area contributed by atoms with Crippen LogP contribution in [0.1, 0.15) is 17.3 Å². The van der Waals surface area contributed by atoms with E-state index in [0.717, 1.165) is 0 Å². The molecule has 1 aromatic heterocycles. The predicted molar refractivity (Wildman–Crippen MR) is 76.5 cm³/mol. The molecule has 0 spiro atoms. The van der Waals surface area contributed by atoms with E-state index in [4.69, 9.17) is 15.6 Å². The van der Waals surface area contributed by atoms with Crippen molar-refractivity contribution in [3.05, 3.63) is 42.1 Å². The number of benzene rings is 1. The van der Waals surface area contributed by atoms with Gasteiger partial charge < -0.3 is 20.9 Å². The Morgan fingerprint density at radius 1 is 1.45 bits per heavy atom. The minimum atomic E-state index is -1.09. The Morgan fingerprint density at radius 2 is 2.20 bits per heavy atom. The van der Waals surface area contributed by atoms with Gasteiger partial charge in [-0.15, -0.1) is 0 Å². The SMILES string of the molecule is CCOc1ccccc1Nc1cc(C(=O)O)c(N)cn1. The maximum Gasteiger partial charge on any atom is 0.337 e. The lowest BCUT2D eigenvalue weighted by atomic mass is 10.2. The van der Waals surface area contributed by atoms with Gasteiger partial charge in [0.25, 0.3) is 0 Å². The number of para-hydroxylation sites is 2. The number of nitrogens with zero attached hydrogens (tertiary/aromatic N) is 1. The smallest absolute Gasteiger partial charge is 0.337 e. The summed E-state index contributed by atoms with van der Waals surface area (Å²) >= 11 is 0. The maximum absolute atomic E-state index is 11.0. The highest BCUT2D eigenvalue weighted by molar-refractivity contribution is 5.94. The van der Waals surface area contributed by atoms with E-state index in [2.05, 4.69) is 10.3 Å². The van der Waals surface area contributed by atoms with Crippen molar-refractivity contribution in [1.82, 2.24) is 4.98 Å². The highest BCUT2D eigenvalue weighted by Crippen LogP contribution is 2.27. The van der Waals surface area contributed by atoms with E-state index in [1.165, 1.54) is 12.3 Å². The molecule has 0 saturated carbocycles. The van der Waals surface area contributed by atoms with Crippen molar-refractivity contribution in [2.24, 2.45) is 0 Å². The molecular formula is C14H15N3O3. The zero-order chi connectivity index (χ0) is 14.5. The molecule has 2 rings (SSSR count). The third-order valence-corrected chi connectivity index (χ3v) is 2.61. The van der Waals surface area contributed by atoms with Crippen LogP contribution in [-0.4, -0.2) is 22.7 Å². The first-order chi connectivity index (χ1) is 9.61. The van der Waals surface area contributed by atoms with Crippen LogP contribution in [0.4, 0.5) is 17.2 Å². The second kappa shape index (κ2) is 5.92. The van der Waals surface area contributed by atoms with Gasteiger partial charge in [-0.25, -0.2) is 9.78 Å². The first-order valence-corrected chi connectivity index (χ1v) is 6.09. The highest BCUT2D eigenvalue weighted by Gasteiger charge is 2.11. The molecule has 0 amide bonds. The molecule has 0 unspecified atom stereocenters. The average Bonchev–Trinajstić information content (AvgIpc) is 2.43. The van der Waals surface area contributed by atoms with E-state index < -0.39 is 5.97 Å². The molecule has 0 aliphatic rings. The van der Waals surface area contributed by atoms with E-state index in [1.807, 2.05) is 31.2 Å². The molecular weight excluding hydrogens is 258 g/mol. The lowest BCUT2D eigenvalue weighted by Crippen LogP contribution is -2.05.